The highest BCUT2D eigenvalue weighted by Crippen LogP contribution is 2.31. The van der Waals surface area contributed by atoms with Crippen molar-refractivity contribution in [2.45, 2.75) is 31.7 Å². The molecule has 1 unspecified atom stereocenters. The van der Waals surface area contributed by atoms with Gasteiger partial charge >= 0.3 is 0 Å². The number of benzene rings is 1. The van der Waals surface area contributed by atoms with Crippen LogP contribution < -0.4 is 4.90 Å². The number of amides is 1. The molecule has 3 aliphatic rings. The first-order valence-electron chi connectivity index (χ1n) is 9.52. The highest BCUT2D eigenvalue weighted by Gasteiger charge is 2.36. The molecule has 3 fully saturated rings. The Labute approximate surface area is 149 Å². The van der Waals surface area contributed by atoms with Crippen LogP contribution in [-0.2, 0) is 4.79 Å². The van der Waals surface area contributed by atoms with Crippen LogP contribution in [0.1, 0.15) is 31.2 Å². The van der Waals surface area contributed by atoms with Crippen molar-refractivity contribution in [3.8, 4) is 6.07 Å². The Morgan fingerprint density at radius 3 is 2.36 bits per heavy atom. The Kier molecular flexibility index (Phi) is 4.63. The normalized spacial score (nSPS) is 24.8. The van der Waals surface area contributed by atoms with Crippen molar-refractivity contribution in [1.82, 2.24) is 9.80 Å². The standard InChI is InChI=1S/C20H26N4O/c21-14-16-3-5-18(6-4-16)22-10-12-23(13-11-22)20(25)17-2-1-9-24(15-17)19-7-8-19/h3-6,17,19H,1-2,7-13,15H2. The van der Waals surface area contributed by atoms with Crippen LogP contribution in [0.25, 0.3) is 0 Å². The number of rotatable bonds is 3. The van der Waals surface area contributed by atoms with Gasteiger partial charge < -0.3 is 9.80 Å². The molecule has 1 atom stereocenters. The quantitative estimate of drug-likeness (QED) is 0.847. The van der Waals surface area contributed by atoms with Crippen LogP contribution in [0.15, 0.2) is 24.3 Å². The lowest BCUT2D eigenvalue weighted by molar-refractivity contribution is -0.137. The molecule has 2 heterocycles. The molecule has 2 aliphatic heterocycles. The lowest BCUT2D eigenvalue weighted by atomic mass is 9.96. The highest BCUT2D eigenvalue weighted by molar-refractivity contribution is 5.79. The van der Waals surface area contributed by atoms with E-state index in [9.17, 15) is 4.79 Å². The van der Waals surface area contributed by atoms with E-state index in [2.05, 4.69) is 20.8 Å². The number of piperidine rings is 1. The Morgan fingerprint density at radius 1 is 1.00 bits per heavy atom. The Bertz CT molecular complexity index is 653. The third kappa shape index (κ3) is 3.64. The van der Waals surface area contributed by atoms with Crippen molar-refractivity contribution < 1.29 is 4.79 Å². The van der Waals surface area contributed by atoms with E-state index in [0.717, 1.165) is 57.3 Å². The zero-order valence-corrected chi connectivity index (χ0v) is 14.7. The predicted molar refractivity (Wildman–Crippen MR) is 97.3 cm³/mol. The predicted octanol–water partition coefficient (Wildman–Crippen LogP) is 2.08. The van der Waals surface area contributed by atoms with Gasteiger partial charge in [0.05, 0.1) is 17.6 Å². The van der Waals surface area contributed by atoms with Gasteiger partial charge in [-0.15, -0.1) is 0 Å². The second-order valence-corrected chi connectivity index (χ2v) is 7.54. The lowest BCUT2D eigenvalue weighted by Gasteiger charge is -2.39. The number of nitriles is 1. The molecule has 2 saturated heterocycles. The molecule has 5 heteroatoms. The van der Waals surface area contributed by atoms with Crippen LogP contribution in [0, 0.1) is 17.2 Å². The second-order valence-electron chi connectivity index (χ2n) is 7.54. The van der Waals surface area contributed by atoms with E-state index in [1.807, 2.05) is 24.3 Å². The Morgan fingerprint density at radius 2 is 1.72 bits per heavy atom. The molecule has 1 aliphatic carbocycles. The molecule has 4 rings (SSSR count). The molecule has 1 amide bonds. The fourth-order valence-corrected chi connectivity index (χ4v) is 4.17. The van der Waals surface area contributed by atoms with Crippen LogP contribution in [0.3, 0.4) is 0 Å². The summed E-state index contributed by atoms with van der Waals surface area (Å²) in [7, 11) is 0. The summed E-state index contributed by atoms with van der Waals surface area (Å²) < 4.78 is 0. The number of hydrogen-bond acceptors (Lipinski definition) is 4. The van der Waals surface area contributed by atoms with E-state index < -0.39 is 0 Å². The Hall–Kier alpha value is -2.06. The number of nitrogens with zero attached hydrogens (tertiary/aromatic N) is 4. The van der Waals surface area contributed by atoms with Gasteiger partial charge in [0.15, 0.2) is 0 Å². The van der Waals surface area contributed by atoms with Gasteiger partial charge in [0.2, 0.25) is 5.91 Å². The minimum absolute atomic E-state index is 0.204. The number of carbonyl (C=O) groups excluding carboxylic acids is 1. The van der Waals surface area contributed by atoms with Gasteiger partial charge in [-0.1, -0.05) is 0 Å². The number of hydrogen-bond donors (Lipinski definition) is 0. The monoisotopic (exact) mass is 338 g/mol. The fourth-order valence-electron chi connectivity index (χ4n) is 4.17. The molecule has 1 aromatic carbocycles. The molecule has 0 bridgehead atoms. The zero-order valence-electron chi connectivity index (χ0n) is 14.7. The second kappa shape index (κ2) is 7.05. The van der Waals surface area contributed by atoms with Crippen molar-refractivity contribution in [1.29, 1.82) is 5.26 Å². The van der Waals surface area contributed by atoms with Gasteiger partial charge in [-0.25, -0.2) is 0 Å². The van der Waals surface area contributed by atoms with E-state index >= 15 is 0 Å². The van der Waals surface area contributed by atoms with Gasteiger partial charge in [0, 0.05) is 44.5 Å². The first-order valence-corrected chi connectivity index (χ1v) is 9.52. The van der Waals surface area contributed by atoms with E-state index in [1.165, 1.54) is 19.4 Å². The summed E-state index contributed by atoms with van der Waals surface area (Å²) in [5.74, 6) is 0.570. The number of anilines is 1. The first kappa shape index (κ1) is 16.4. The maximum absolute atomic E-state index is 12.9. The molecule has 1 aromatic rings. The molecule has 132 valence electrons. The summed E-state index contributed by atoms with van der Waals surface area (Å²) in [4.78, 5) is 19.8. The summed E-state index contributed by atoms with van der Waals surface area (Å²) in [6.45, 7) is 5.51. The van der Waals surface area contributed by atoms with Crippen LogP contribution >= 0.6 is 0 Å². The van der Waals surface area contributed by atoms with E-state index in [4.69, 9.17) is 5.26 Å². The molecule has 0 N–H and O–H groups in total. The Balaban J connectivity index is 1.31. The minimum atomic E-state index is 0.204. The van der Waals surface area contributed by atoms with Crippen molar-refractivity contribution in [3.05, 3.63) is 29.8 Å². The van der Waals surface area contributed by atoms with E-state index in [-0.39, 0.29) is 5.92 Å². The lowest BCUT2D eigenvalue weighted by Crippen LogP contribution is -2.52. The van der Waals surface area contributed by atoms with Crippen molar-refractivity contribution in [2.75, 3.05) is 44.2 Å². The van der Waals surface area contributed by atoms with Gasteiger partial charge in [0.25, 0.3) is 0 Å². The molecule has 1 saturated carbocycles. The van der Waals surface area contributed by atoms with Crippen LogP contribution in [0.5, 0.6) is 0 Å². The molecule has 0 radical (unpaired) electrons. The number of likely N-dealkylation sites (tertiary alicyclic amines) is 1. The first-order chi connectivity index (χ1) is 12.2. The number of piperazine rings is 1. The van der Waals surface area contributed by atoms with Gasteiger partial charge in [-0.05, 0) is 56.5 Å². The van der Waals surface area contributed by atoms with E-state index in [1.54, 1.807) is 0 Å². The summed E-state index contributed by atoms with van der Waals surface area (Å²) in [6.07, 6.45) is 4.87. The van der Waals surface area contributed by atoms with Crippen LogP contribution in [0.2, 0.25) is 0 Å². The molecule has 0 aromatic heterocycles. The van der Waals surface area contributed by atoms with Crippen molar-refractivity contribution >= 4 is 11.6 Å². The average Bonchev–Trinajstić information content (AvgIpc) is 3.53. The van der Waals surface area contributed by atoms with Crippen LogP contribution in [0.4, 0.5) is 5.69 Å². The van der Waals surface area contributed by atoms with Gasteiger partial charge in [0.1, 0.15) is 0 Å². The zero-order chi connectivity index (χ0) is 17.2. The summed E-state index contributed by atoms with van der Waals surface area (Å²) in [5, 5.41) is 8.90. The molecule has 25 heavy (non-hydrogen) atoms. The molecular weight excluding hydrogens is 312 g/mol. The smallest absolute Gasteiger partial charge is 0.227 e. The summed E-state index contributed by atoms with van der Waals surface area (Å²) >= 11 is 0. The van der Waals surface area contributed by atoms with Crippen LogP contribution in [-0.4, -0.2) is 61.0 Å². The molecule has 5 nitrogen and oxygen atoms in total. The van der Waals surface area contributed by atoms with E-state index in [0.29, 0.717) is 11.5 Å². The summed E-state index contributed by atoms with van der Waals surface area (Å²) in [5.41, 5.74) is 1.83. The fraction of sp³-hybridized carbons (Fsp3) is 0.600. The topological polar surface area (TPSA) is 50.6 Å². The maximum Gasteiger partial charge on any atom is 0.227 e. The summed E-state index contributed by atoms with van der Waals surface area (Å²) in [6, 6.07) is 10.7. The highest BCUT2D eigenvalue weighted by atomic mass is 16.2. The molecular formula is C20H26N4O. The van der Waals surface area contributed by atoms with Crippen molar-refractivity contribution in [3.63, 3.8) is 0 Å². The maximum atomic E-state index is 12.9. The average molecular weight is 338 g/mol. The molecule has 0 spiro atoms. The minimum Gasteiger partial charge on any atom is -0.368 e. The largest absolute Gasteiger partial charge is 0.368 e. The van der Waals surface area contributed by atoms with Gasteiger partial charge in [-0.3, -0.25) is 9.69 Å². The van der Waals surface area contributed by atoms with Crippen molar-refractivity contribution in [2.24, 2.45) is 5.92 Å². The third-order valence-corrected chi connectivity index (χ3v) is 5.82. The number of carbonyl (C=O) groups is 1. The third-order valence-electron chi connectivity index (χ3n) is 5.82. The van der Waals surface area contributed by atoms with Gasteiger partial charge in [-0.2, -0.15) is 5.26 Å². The SMILES string of the molecule is N#Cc1ccc(N2CCN(C(=O)C3CCCN(C4CC4)C3)CC2)cc1.